The first-order valence-electron chi connectivity index (χ1n) is 6.88. The van der Waals surface area contributed by atoms with Crippen LogP contribution in [0.15, 0.2) is 23.1 Å². The Hall–Kier alpha value is -0.820. The molecular weight excluding hydrogens is 312 g/mol. The molecule has 1 N–H and O–H groups in total. The van der Waals surface area contributed by atoms with Crippen molar-refractivity contribution in [2.24, 2.45) is 11.8 Å². The molecule has 3 rings (SSSR count). The molecular formula is C14H21ClN2O3S. The molecule has 0 amide bonds. The first-order valence-corrected chi connectivity index (χ1v) is 8.32. The van der Waals surface area contributed by atoms with E-state index in [4.69, 9.17) is 4.74 Å². The third kappa shape index (κ3) is 2.90. The number of sulfonamides is 1. The Morgan fingerprint density at radius 1 is 1.24 bits per heavy atom. The van der Waals surface area contributed by atoms with Crippen LogP contribution >= 0.6 is 12.4 Å². The van der Waals surface area contributed by atoms with Gasteiger partial charge in [0, 0.05) is 13.1 Å². The Balaban J connectivity index is 0.00000161. The van der Waals surface area contributed by atoms with Crippen LogP contribution in [0.4, 0.5) is 0 Å². The highest BCUT2D eigenvalue weighted by Crippen LogP contribution is 2.34. The summed E-state index contributed by atoms with van der Waals surface area (Å²) in [6.45, 7) is 4.94. The van der Waals surface area contributed by atoms with Crippen molar-refractivity contribution in [2.45, 2.75) is 11.8 Å². The molecule has 0 aromatic heterocycles. The third-order valence-corrected chi connectivity index (χ3v) is 6.15. The molecule has 21 heavy (non-hydrogen) atoms. The monoisotopic (exact) mass is 332 g/mol. The van der Waals surface area contributed by atoms with Gasteiger partial charge in [0.25, 0.3) is 0 Å². The molecule has 2 aliphatic rings. The van der Waals surface area contributed by atoms with Gasteiger partial charge in [0.2, 0.25) is 10.0 Å². The molecule has 1 aromatic carbocycles. The third-order valence-electron chi connectivity index (χ3n) is 4.29. The number of rotatable bonds is 3. The van der Waals surface area contributed by atoms with Gasteiger partial charge in [0.1, 0.15) is 10.6 Å². The summed E-state index contributed by atoms with van der Waals surface area (Å²) < 4.78 is 32.5. The predicted molar refractivity (Wildman–Crippen MR) is 83.6 cm³/mol. The molecule has 0 saturated carbocycles. The highest BCUT2D eigenvalue weighted by atomic mass is 35.5. The minimum absolute atomic E-state index is 0. The van der Waals surface area contributed by atoms with E-state index in [9.17, 15) is 8.42 Å². The second kappa shape index (κ2) is 6.12. The normalized spacial score (nSPS) is 25.4. The number of hydrogen-bond acceptors (Lipinski definition) is 4. The van der Waals surface area contributed by atoms with Crippen LogP contribution in [0.25, 0.3) is 0 Å². The zero-order chi connectivity index (χ0) is 14.3. The summed E-state index contributed by atoms with van der Waals surface area (Å²) in [7, 11) is -1.96. The van der Waals surface area contributed by atoms with Gasteiger partial charge in [-0.15, -0.1) is 12.4 Å². The van der Waals surface area contributed by atoms with Crippen LogP contribution in [0.5, 0.6) is 5.75 Å². The summed E-state index contributed by atoms with van der Waals surface area (Å²) >= 11 is 0. The van der Waals surface area contributed by atoms with Gasteiger partial charge in [-0.1, -0.05) is 6.07 Å². The maximum Gasteiger partial charge on any atom is 0.246 e. The quantitative estimate of drug-likeness (QED) is 0.905. The Labute approximate surface area is 132 Å². The Morgan fingerprint density at radius 2 is 1.86 bits per heavy atom. The predicted octanol–water partition coefficient (Wildman–Crippen LogP) is 1.27. The van der Waals surface area contributed by atoms with E-state index in [-0.39, 0.29) is 17.3 Å². The molecule has 0 unspecified atom stereocenters. The van der Waals surface area contributed by atoms with Crippen molar-refractivity contribution in [3.8, 4) is 5.75 Å². The maximum absolute atomic E-state index is 12.8. The molecule has 118 valence electrons. The fourth-order valence-electron chi connectivity index (χ4n) is 3.13. The molecule has 2 heterocycles. The number of benzene rings is 1. The SMILES string of the molecule is COc1ccc(C)cc1S(=O)(=O)N1C[C@H]2CNC[C@H]2C1.Cl. The number of halogens is 1. The van der Waals surface area contributed by atoms with E-state index in [2.05, 4.69) is 5.32 Å². The Bertz CT molecular complexity index is 609. The summed E-state index contributed by atoms with van der Waals surface area (Å²) in [5, 5.41) is 3.32. The smallest absolute Gasteiger partial charge is 0.246 e. The lowest BCUT2D eigenvalue weighted by molar-refractivity contribution is 0.396. The highest BCUT2D eigenvalue weighted by molar-refractivity contribution is 7.89. The van der Waals surface area contributed by atoms with E-state index in [0.29, 0.717) is 30.7 Å². The molecule has 5 nitrogen and oxygen atoms in total. The molecule has 1 aromatic rings. The number of nitrogens with one attached hydrogen (secondary N) is 1. The van der Waals surface area contributed by atoms with Gasteiger partial charge < -0.3 is 10.1 Å². The number of fused-ring (bicyclic) bond motifs is 1. The molecule has 0 bridgehead atoms. The number of aryl methyl sites for hydroxylation is 1. The van der Waals surface area contributed by atoms with Crippen LogP contribution in [-0.2, 0) is 10.0 Å². The molecule has 2 saturated heterocycles. The van der Waals surface area contributed by atoms with E-state index in [0.717, 1.165) is 18.7 Å². The average molecular weight is 333 g/mol. The van der Waals surface area contributed by atoms with Crippen molar-refractivity contribution in [1.82, 2.24) is 9.62 Å². The minimum atomic E-state index is -3.47. The highest BCUT2D eigenvalue weighted by Gasteiger charge is 2.42. The van der Waals surface area contributed by atoms with Gasteiger partial charge in [-0.25, -0.2) is 8.42 Å². The fourth-order valence-corrected chi connectivity index (χ4v) is 4.93. The molecule has 2 aliphatic heterocycles. The van der Waals surface area contributed by atoms with Crippen molar-refractivity contribution in [3.63, 3.8) is 0 Å². The standard InChI is InChI=1S/C14H20N2O3S.ClH/c1-10-3-4-13(19-2)14(5-10)20(17,18)16-8-11-6-15-7-12(11)9-16;/h3-5,11-12,15H,6-9H2,1-2H3;1H/t11-,12+;. The summed E-state index contributed by atoms with van der Waals surface area (Å²) in [5.41, 5.74) is 0.922. The van der Waals surface area contributed by atoms with Crippen molar-refractivity contribution in [3.05, 3.63) is 23.8 Å². The largest absolute Gasteiger partial charge is 0.495 e. The van der Waals surface area contributed by atoms with Crippen LogP contribution < -0.4 is 10.1 Å². The minimum Gasteiger partial charge on any atom is -0.495 e. The van der Waals surface area contributed by atoms with Crippen molar-refractivity contribution in [1.29, 1.82) is 0 Å². The first kappa shape index (κ1) is 16.5. The molecule has 2 fully saturated rings. The molecule has 0 radical (unpaired) electrons. The summed E-state index contributed by atoms with van der Waals surface area (Å²) in [6.07, 6.45) is 0. The Morgan fingerprint density at radius 3 is 2.43 bits per heavy atom. The van der Waals surface area contributed by atoms with E-state index < -0.39 is 10.0 Å². The lowest BCUT2D eigenvalue weighted by atomic mass is 10.0. The van der Waals surface area contributed by atoms with E-state index in [1.807, 2.05) is 13.0 Å². The van der Waals surface area contributed by atoms with Gasteiger partial charge in [-0.3, -0.25) is 0 Å². The van der Waals surface area contributed by atoms with E-state index in [1.54, 1.807) is 16.4 Å². The summed E-state index contributed by atoms with van der Waals surface area (Å²) in [4.78, 5) is 0.285. The van der Waals surface area contributed by atoms with Gasteiger partial charge in [-0.2, -0.15) is 4.31 Å². The second-order valence-corrected chi connectivity index (χ2v) is 7.56. The van der Waals surface area contributed by atoms with Gasteiger partial charge in [0.05, 0.1) is 7.11 Å². The number of methoxy groups -OCH3 is 1. The van der Waals surface area contributed by atoms with E-state index >= 15 is 0 Å². The lowest BCUT2D eigenvalue weighted by Gasteiger charge is -2.19. The molecule has 0 aliphatic carbocycles. The summed E-state index contributed by atoms with van der Waals surface area (Å²) in [5.74, 6) is 1.31. The Kier molecular flexibility index (Phi) is 4.82. The first-order chi connectivity index (χ1) is 9.52. The maximum atomic E-state index is 12.8. The van der Waals surface area contributed by atoms with E-state index in [1.165, 1.54) is 7.11 Å². The number of ether oxygens (including phenoxy) is 1. The van der Waals surface area contributed by atoms with Crippen LogP contribution in [0.3, 0.4) is 0 Å². The molecule has 0 spiro atoms. The lowest BCUT2D eigenvalue weighted by Crippen LogP contribution is -2.32. The van der Waals surface area contributed by atoms with Crippen molar-refractivity contribution >= 4 is 22.4 Å². The fraction of sp³-hybridized carbons (Fsp3) is 0.571. The van der Waals surface area contributed by atoms with Crippen molar-refractivity contribution in [2.75, 3.05) is 33.3 Å². The second-order valence-electron chi connectivity index (χ2n) is 5.65. The van der Waals surface area contributed by atoms with Gasteiger partial charge >= 0.3 is 0 Å². The van der Waals surface area contributed by atoms with Crippen LogP contribution in [0.1, 0.15) is 5.56 Å². The molecule has 2 atom stereocenters. The van der Waals surface area contributed by atoms with Crippen LogP contribution in [-0.4, -0.2) is 46.0 Å². The van der Waals surface area contributed by atoms with Crippen LogP contribution in [0, 0.1) is 18.8 Å². The van der Waals surface area contributed by atoms with Gasteiger partial charge in [0.15, 0.2) is 0 Å². The molecule has 7 heteroatoms. The number of nitrogens with zero attached hydrogens (tertiary/aromatic N) is 1. The zero-order valence-electron chi connectivity index (χ0n) is 12.2. The summed E-state index contributed by atoms with van der Waals surface area (Å²) in [6, 6.07) is 5.28. The average Bonchev–Trinajstić information content (AvgIpc) is 2.99. The number of hydrogen-bond donors (Lipinski definition) is 1. The van der Waals surface area contributed by atoms with Crippen LogP contribution in [0.2, 0.25) is 0 Å². The zero-order valence-corrected chi connectivity index (χ0v) is 13.8. The van der Waals surface area contributed by atoms with Gasteiger partial charge in [-0.05, 0) is 49.5 Å². The van der Waals surface area contributed by atoms with Crippen molar-refractivity contribution < 1.29 is 13.2 Å². The topological polar surface area (TPSA) is 58.6 Å².